The lowest BCUT2D eigenvalue weighted by Crippen LogP contribution is -2.14. The fourth-order valence-corrected chi connectivity index (χ4v) is 3.13. The predicted molar refractivity (Wildman–Crippen MR) is 113 cm³/mol. The molecule has 4 nitrogen and oxygen atoms in total. The lowest BCUT2D eigenvalue weighted by molar-refractivity contribution is -0.137. The van der Waals surface area contributed by atoms with E-state index in [1.165, 1.54) is 6.07 Å². The number of hydrogen-bond donors (Lipinski definition) is 0. The molecule has 0 radical (unpaired) electrons. The summed E-state index contributed by atoms with van der Waals surface area (Å²) in [6.07, 6.45) is -4.47. The number of rotatable bonds is 8. The molecule has 0 N–H and O–H groups in total. The average Bonchev–Trinajstić information content (AvgIpc) is 2.76. The maximum absolute atomic E-state index is 12.8. The molecule has 0 aliphatic heterocycles. The van der Waals surface area contributed by atoms with Gasteiger partial charge >= 0.3 is 6.18 Å². The van der Waals surface area contributed by atoms with Crippen molar-refractivity contribution >= 4 is 17.4 Å². The van der Waals surface area contributed by atoms with Crippen LogP contribution >= 0.6 is 11.6 Å². The summed E-state index contributed by atoms with van der Waals surface area (Å²) in [5.74, 6) is -0.369. The molecule has 1 unspecified atom stereocenters. The van der Waals surface area contributed by atoms with Crippen molar-refractivity contribution in [3.8, 4) is 23.3 Å². The van der Waals surface area contributed by atoms with Crippen molar-refractivity contribution in [2.75, 3.05) is 6.61 Å². The molecule has 3 rings (SSSR count). The van der Waals surface area contributed by atoms with Crippen LogP contribution in [0.15, 0.2) is 72.8 Å². The first-order valence-electron chi connectivity index (χ1n) is 9.52. The summed E-state index contributed by atoms with van der Waals surface area (Å²) in [7, 11) is 0. The van der Waals surface area contributed by atoms with E-state index in [-0.39, 0.29) is 29.6 Å². The second-order valence-electron chi connectivity index (χ2n) is 6.76. The van der Waals surface area contributed by atoms with Crippen molar-refractivity contribution in [2.45, 2.75) is 18.5 Å². The van der Waals surface area contributed by atoms with Crippen LogP contribution in [0.25, 0.3) is 0 Å². The summed E-state index contributed by atoms with van der Waals surface area (Å²) in [5, 5.41) is 9.15. The fraction of sp³-hybridized carbons (Fsp3) is 0.167. The van der Waals surface area contributed by atoms with E-state index in [0.29, 0.717) is 17.1 Å². The molecule has 0 spiro atoms. The van der Waals surface area contributed by atoms with Gasteiger partial charge in [0.05, 0.1) is 23.3 Å². The molecular weight excluding hydrogens is 443 g/mol. The number of alkyl halides is 3. The molecular formula is C24H17ClF3NO3. The third-order valence-corrected chi connectivity index (χ3v) is 4.79. The highest BCUT2D eigenvalue weighted by Crippen LogP contribution is 2.36. The molecule has 8 heteroatoms. The van der Waals surface area contributed by atoms with Gasteiger partial charge in [-0.15, -0.1) is 0 Å². The first kappa shape index (κ1) is 23.2. The van der Waals surface area contributed by atoms with Gasteiger partial charge < -0.3 is 9.47 Å². The lowest BCUT2D eigenvalue weighted by atomic mass is 9.95. The van der Waals surface area contributed by atoms with E-state index < -0.39 is 17.7 Å². The minimum Gasteiger partial charge on any atom is -0.493 e. The van der Waals surface area contributed by atoms with Crippen LogP contribution in [0, 0.1) is 11.3 Å². The molecule has 0 bridgehead atoms. The Morgan fingerprint density at radius 2 is 1.72 bits per heavy atom. The number of ether oxygens (including phenoxy) is 2. The van der Waals surface area contributed by atoms with E-state index in [4.69, 9.17) is 21.1 Å². The fourth-order valence-electron chi connectivity index (χ4n) is 2.91. The number of nitriles is 1. The van der Waals surface area contributed by atoms with E-state index >= 15 is 0 Å². The SMILES string of the molecule is N#CC(C(=O)CCOc1cccc(Oc2ccc(C(F)(F)F)cc2Cl)c1)c1ccccc1. The van der Waals surface area contributed by atoms with Crippen molar-refractivity contribution in [1.29, 1.82) is 5.26 Å². The van der Waals surface area contributed by atoms with Crippen LogP contribution in [0.1, 0.15) is 23.5 Å². The molecule has 3 aromatic rings. The summed E-state index contributed by atoms with van der Waals surface area (Å²) in [5.41, 5.74) is -0.244. The zero-order valence-corrected chi connectivity index (χ0v) is 17.4. The molecule has 0 aliphatic carbocycles. The quantitative estimate of drug-likeness (QED) is 0.372. The molecule has 32 heavy (non-hydrogen) atoms. The van der Waals surface area contributed by atoms with Crippen LogP contribution in [-0.4, -0.2) is 12.4 Å². The Hall–Kier alpha value is -3.50. The topological polar surface area (TPSA) is 59.3 Å². The van der Waals surface area contributed by atoms with Crippen molar-refractivity contribution in [1.82, 2.24) is 0 Å². The highest BCUT2D eigenvalue weighted by molar-refractivity contribution is 6.32. The van der Waals surface area contributed by atoms with E-state index in [1.807, 2.05) is 6.07 Å². The number of carbonyl (C=O) groups excluding carboxylic acids is 1. The lowest BCUT2D eigenvalue weighted by Gasteiger charge is -2.12. The summed E-state index contributed by atoms with van der Waals surface area (Å²) in [4.78, 5) is 12.4. The van der Waals surface area contributed by atoms with E-state index in [0.717, 1.165) is 18.2 Å². The van der Waals surface area contributed by atoms with Crippen LogP contribution < -0.4 is 9.47 Å². The van der Waals surface area contributed by atoms with Gasteiger partial charge in [-0.1, -0.05) is 48.0 Å². The Bertz CT molecular complexity index is 1130. The Balaban J connectivity index is 1.60. The summed E-state index contributed by atoms with van der Waals surface area (Å²) in [6.45, 7) is 0.0499. The van der Waals surface area contributed by atoms with Crippen molar-refractivity contribution in [2.24, 2.45) is 0 Å². The zero-order valence-electron chi connectivity index (χ0n) is 16.6. The number of carbonyl (C=O) groups is 1. The van der Waals surface area contributed by atoms with Gasteiger partial charge in [-0.3, -0.25) is 4.79 Å². The molecule has 0 heterocycles. The normalized spacial score (nSPS) is 12.0. The molecule has 0 saturated carbocycles. The summed E-state index contributed by atoms with van der Waals surface area (Å²) < 4.78 is 49.5. The van der Waals surface area contributed by atoms with E-state index in [1.54, 1.807) is 48.5 Å². The van der Waals surface area contributed by atoms with Crippen LogP contribution in [0.2, 0.25) is 5.02 Å². The van der Waals surface area contributed by atoms with Crippen LogP contribution in [0.3, 0.4) is 0 Å². The van der Waals surface area contributed by atoms with Gasteiger partial charge in [-0.05, 0) is 35.9 Å². The second kappa shape index (κ2) is 10.2. The minimum atomic E-state index is -4.50. The Morgan fingerprint density at radius 3 is 2.38 bits per heavy atom. The van der Waals surface area contributed by atoms with E-state index in [2.05, 4.69) is 0 Å². The first-order valence-corrected chi connectivity index (χ1v) is 9.90. The van der Waals surface area contributed by atoms with E-state index in [9.17, 15) is 23.2 Å². The molecule has 0 aliphatic rings. The monoisotopic (exact) mass is 459 g/mol. The summed E-state index contributed by atoms with van der Waals surface area (Å²) >= 11 is 5.92. The smallest absolute Gasteiger partial charge is 0.416 e. The molecule has 3 aromatic carbocycles. The molecule has 164 valence electrons. The average molecular weight is 460 g/mol. The molecule has 0 fully saturated rings. The molecule has 0 aromatic heterocycles. The first-order chi connectivity index (χ1) is 15.3. The maximum Gasteiger partial charge on any atom is 0.416 e. The Morgan fingerprint density at radius 1 is 1.00 bits per heavy atom. The zero-order chi connectivity index (χ0) is 23.1. The second-order valence-corrected chi connectivity index (χ2v) is 7.16. The van der Waals surface area contributed by atoms with Crippen LogP contribution in [0.4, 0.5) is 13.2 Å². The third-order valence-electron chi connectivity index (χ3n) is 4.49. The molecule has 1 atom stereocenters. The summed E-state index contributed by atoms with van der Waals surface area (Å²) in [6, 6.07) is 20.0. The standard InChI is InChI=1S/C24H17ClF3NO3/c25-21-13-17(24(26,27)28)9-10-23(21)32-19-8-4-7-18(14-19)31-12-11-22(30)20(15-29)16-5-2-1-3-6-16/h1-10,13-14,20H,11-12H2. The van der Waals surface area contributed by atoms with Gasteiger partial charge in [0.25, 0.3) is 0 Å². The molecule has 0 amide bonds. The maximum atomic E-state index is 12.8. The number of halogens is 4. The highest BCUT2D eigenvalue weighted by atomic mass is 35.5. The number of Topliss-reactive ketones (excluding diaryl/α,β-unsaturated/α-hetero) is 1. The van der Waals surface area contributed by atoms with Crippen LogP contribution in [-0.2, 0) is 11.0 Å². The Labute approximate surface area is 187 Å². The number of ketones is 1. The van der Waals surface area contributed by atoms with Gasteiger partial charge in [0, 0.05) is 12.5 Å². The van der Waals surface area contributed by atoms with Gasteiger partial charge in [0.1, 0.15) is 23.2 Å². The number of hydrogen-bond acceptors (Lipinski definition) is 4. The van der Waals surface area contributed by atoms with Crippen molar-refractivity contribution < 1.29 is 27.4 Å². The van der Waals surface area contributed by atoms with Gasteiger partial charge in [0.15, 0.2) is 5.78 Å². The molecule has 0 saturated heterocycles. The minimum absolute atomic E-state index is 0.0307. The Kier molecular flexibility index (Phi) is 7.39. The van der Waals surface area contributed by atoms with Gasteiger partial charge in [-0.25, -0.2) is 0 Å². The van der Waals surface area contributed by atoms with Crippen LogP contribution in [0.5, 0.6) is 17.2 Å². The van der Waals surface area contributed by atoms with Crippen molar-refractivity contribution in [3.63, 3.8) is 0 Å². The highest BCUT2D eigenvalue weighted by Gasteiger charge is 2.31. The van der Waals surface area contributed by atoms with Gasteiger partial charge in [0.2, 0.25) is 0 Å². The van der Waals surface area contributed by atoms with Gasteiger partial charge in [-0.2, -0.15) is 18.4 Å². The number of nitrogens with zero attached hydrogens (tertiary/aromatic N) is 1. The predicted octanol–water partition coefficient (Wildman–Crippen LogP) is 6.80. The number of benzene rings is 3. The largest absolute Gasteiger partial charge is 0.493 e. The van der Waals surface area contributed by atoms with Crippen molar-refractivity contribution in [3.05, 3.63) is 88.9 Å². The third kappa shape index (κ3) is 6.02.